The van der Waals surface area contributed by atoms with E-state index in [0.29, 0.717) is 5.56 Å². The molecule has 0 saturated heterocycles. The number of amides is 2. The van der Waals surface area contributed by atoms with Gasteiger partial charge in [-0.3, -0.25) is 14.4 Å². The molecule has 0 aliphatic rings. The standard InChI is InChI=1S/C22H26N2O4/c1-4-5-15-6-8-16(9-7-15)17-10-12-18(13-11-17)22(28)24(3)20(19(26)14-25)21(27)23-2/h6-13,20,25H,4-5,14H2,1-3H3,(H,23,27). The zero-order chi connectivity index (χ0) is 20.7. The summed E-state index contributed by atoms with van der Waals surface area (Å²) in [6, 6.07) is 13.9. The third-order valence-corrected chi connectivity index (χ3v) is 4.62. The van der Waals surface area contributed by atoms with Crippen LogP contribution in [-0.2, 0) is 16.0 Å². The maximum absolute atomic E-state index is 12.7. The number of nitrogens with one attached hydrogen (secondary N) is 1. The van der Waals surface area contributed by atoms with Gasteiger partial charge in [0, 0.05) is 19.7 Å². The Morgan fingerprint density at radius 2 is 1.54 bits per heavy atom. The number of hydrogen-bond acceptors (Lipinski definition) is 4. The van der Waals surface area contributed by atoms with Crippen molar-refractivity contribution in [3.05, 3.63) is 59.7 Å². The van der Waals surface area contributed by atoms with Crippen LogP contribution in [0, 0.1) is 0 Å². The second-order valence-electron chi connectivity index (χ2n) is 6.58. The number of nitrogens with zero attached hydrogens (tertiary/aromatic N) is 1. The molecule has 1 atom stereocenters. The fourth-order valence-electron chi connectivity index (χ4n) is 3.04. The van der Waals surface area contributed by atoms with Gasteiger partial charge in [0.25, 0.3) is 5.91 Å². The van der Waals surface area contributed by atoms with Gasteiger partial charge in [-0.25, -0.2) is 0 Å². The highest BCUT2D eigenvalue weighted by Crippen LogP contribution is 2.21. The van der Waals surface area contributed by atoms with Crippen LogP contribution in [0.15, 0.2) is 48.5 Å². The van der Waals surface area contributed by atoms with E-state index in [-0.39, 0.29) is 0 Å². The van der Waals surface area contributed by atoms with Gasteiger partial charge in [0.2, 0.25) is 5.91 Å². The Bertz CT molecular complexity index is 813. The molecule has 6 heteroatoms. The summed E-state index contributed by atoms with van der Waals surface area (Å²) in [7, 11) is 2.75. The van der Waals surface area contributed by atoms with Crippen molar-refractivity contribution in [2.75, 3.05) is 20.7 Å². The molecule has 0 heterocycles. The molecule has 0 bridgehead atoms. The lowest BCUT2D eigenvalue weighted by Crippen LogP contribution is -2.52. The van der Waals surface area contributed by atoms with Crippen LogP contribution in [0.25, 0.3) is 11.1 Å². The van der Waals surface area contributed by atoms with Crippen molar-refractivity contribution in [3.8, 4) is 11.1 Å². The van der Waals surface area contributed by atoms with Crippen molar-refractivity contribution in [1.29, 1.82) is 0 Å². The first-order valence-corrected chi connectivity index (χ1v) is 9.24. The zero-order valence-corrected chi connectivity index (χ0v) is 16.4. The number of ketones is 1. The molecule has 1 unspecified atom stereocenters. The second kappa shape index (κ2) is 9.80. The molecule has 28 heavy (non-hydrogen) atoms. The summed E-state index contributed by atoms with van der Waals surface area (Å²) >= 11 is 0. The highest BCUT2D eigenvalue weighted by atomic mass is 16.3. The molecule has 2 N–H and O–H groups in total. The van der Waals surface area contributed by atoms with E-state index < -0.39 is 30.2 Å². The molecular formula is C22H26N2O4. The minimum Gasteiger partial charge on any atom is -0.388 e. The monoisotopic (exact) mass is 382 g/mol. The number of rotatable bonds is 8. The molecule has 2 rings (SSSR count). The van der Waals surface area contributed by atoms with Crippen molar-refractivity contribution >= 4 is 17.6 Å². The number of aliphatic hydroxyl groups is 1. The molecule has 148 valence electrons. The summed E-state index contributed by atoms with van der Waals surface area (Å²) in [6.07, 6.45) is 2.14. The fourth-order valence-corrected chi connectivity index (χ4v) is 3.04. The van der Waals surface area contributed by atoms with Crippen LogP contribution in [0.2, 0.25) is 0 Å². The average Bonchev–Trinajstić information content (AvgIpc) is 2.73. The summed E-state index contributed by atoms with van der Waals surface area (Å²) in [5.41, 5.74) is 3.66. The van der Waals surface area contributed by atoms with Gasteiger partial charge in [-0.1, -0.05) is 49.7 Å². The summed E-state index contributed by atoms with van der Waals surface area (Å²) in [5.74, 6) is -1.85. The topological polar surface area (TPSA) is 86.7 Å². The van der Waals surface area contributed by atoms with Gasteiger partial charge in [-0.2, -0.15) is 0 Å². The quantitative estimate of drug-likeness (QED) is 0.684. The first kappa shape index (κ1) is 21.3. The molecule has 2 aromatic carbocycles. The molecule has 0 aromatic heterocycles. The molecule has 0 aliphatic heterocycles. The van der Waals surface area contributed by atoms with Crippen LogP contribution in [0.3, 0.4) is 0 Å². The van der Waals surface area contributed by atoms with Crippen molar-refractivity contribution in [2.24, 2.45) is 0 Å². The van der Waals surface area contributed by atoms with Crippen molar-refractivity contribution in [3.63, 3.8) is 0 Å². The SMILES string of the molecule is CCCc1ccc(-c2ccc(C(=O)N(C)C(C(=O)CO)C(=O)NC)cc2)cc1. The molecule has 2 aromatic rings. The second-order valence-corrected chi connectivity index (χ2v) is 6.58. The number of benzene rings is 2. The number of aliphatic hydroxyl groups excluding tert-OH is 1. The lowest BCUT2D eigenvalue weighted by Gasteiger charge is -2.25. The van der Waals surface area contributed by atoms with Gasteiger partial charge in [-0.05, 0) is 35.2 Å². The van der Waals surface area contributed by atoms with Crippen molar-refractivity contribution in [2.45, 2.75) is 25.8 Å². The van der Waals surface area contributed by atoms with E-state index in [1.165, 1.54) is 19.7 Å². The Balaban J connectivity index is 2.20. The van der Waals surface area contributed by atoms with E-state index in [2.05, 4.69) is 36.5 Å². The van der Waals surface area contributed by atoms with Crippen molar-refractivity contribution < 1.29 is 19.5 Å². The molecule has 2 amide bonds. The van der Waals surface area contributed by atoms with Crippen LogP contribution in [-0.4, -0.2) is 54.3 Å². The summed E-state index contributed by atoms with van der Waals surface area (Å²) in [5, 5.41) is 11.4. The van der Waals surface area contributed by atoms with Crippen LogP contribution >= 0.6 is 0 Å². The number of likely N-dealkylation sites (N-methyl/N-ethyl adjacent to an activating group) is 2. The third kappa shape index (κ3) is 4.84. The highest BCUT2D eigenvalue weighted by molar-refractivity contribution is 6.10. The number of carbonyl (C=O) groups is 3. The van der Waals surface area contributed by atoms with Crippen LogP contribution < -0.4 is 5.32 Å². The van der Waals surface area contributed by atoms with Gasteiger partial charge in [-0.15, -0.1) is 0 Å². The minimum atomic E-state index is -1.37. The fraction of sp³-hybridized carbons (Fsp3) is 0.318. The van der Waals surface area contributed by atoms with Crippen LogP contribution in [0.4, 0.5) is 0 Å². The molecule has 0 aliphatic carbocycles. The van der Waals surface area contributed by atoms with E-state index >= 15 is 0 Å². The molecule has 6 nitrogen and oxygen atoms in total. The Morgan fingerprint density at radius 3 is 2.00 bits per heavy atom. The first-order valence-electron chi connectivity index (χ1n) is 9.24. The number of aryl methyl sites for hydroxylation is 1. The molecule has 0 spiro atoms. The average molecular weight is 382 g/mol. The lowest BCUT2D eigenvalue weighted by atomic mass is 10.0. The predicted octanol–water partition coefficient (Wildman–Crippen LogP) is 2.05. The Hall–Kier alpha value is -2.99. The minimum absolute atomic E-state index is 0.355. The number of hydrogen-bond donors (Lipinski definition) is 2. The largest absolute Gasteiger partial charge is 0.388 e. The van der Waals surface area contributed by atoms with Crippen molar-refractivity contribution in [1.82, 2.24) is 10.2 Å². The predicted molar refractivity (Wildman–Crippen MR) is 108 cm³/mol. The number of Topliss-reactive ketones (excluding diaryl/α,β-unsaturated/α-hetero) is 1. The molecular weight excluding hydrogens is 356 g/mol. The van der Waals surface area contributed by atoms with E-state index in [1.54, 1.807) is 12.1 Å². The first-order chi connectivity index (χ1) is 13.4. The molecule has 0 radical (unpaired) electrons. The Labute approximate surface area is 165 Å². The Morgan fingerprint density at radius 1 is 1.00 bits per heavy atom. The van der Waals surface area contributed by atoms with E-state index in [0.717, 1.165) is 28.9 Å². The maximum Gasteiger partial charge on any atom is 0.254 e. The zero-order valence-electron chi connectivity index (χ0n) is 16.4. The van der Waals surface area contributed by atoms with Gasteiger partial charge >= 0.3 is 0 Å². The summed E-state index contributed by atoms with van der Waals surface area (Å²) in [4.78, 5) is 37.6. The van der Waals surface area contributed by atoms with E-state index in [1.807, 2.05) is 12.1 Å². The van der Waals surface area contributed by atoms with Gasteiger partial charge in [0.1, 0.15) is 6.61 Å². The normalized spacial score (nSPS) is 11.6. The van der Waals surface area contributed by atoms with Gasteiger partial charge in [0.15, 0.2) is 11.8 Å². The lowest BCUT2D eigenvalue weighted by molar-refractivity contribution is -0.135. The van der Waals surface area contributed by atoms with Crippen LogP contribution in [0.5, 0.6) is 0 Å². The third-order valence-electron chi connectivity index (χ3n) is 4.62. The Kier molecular flexibility index (Phi) is 7.46. The maximum atomic E-state index is 12.7. The smallest absolute Gasteiger partial charge is 0.254 e. The van der Waals surface area contributed by atoms with Gasteiger partial charge < -0.3 is 15.3 Å². The summed E-state index contributed by atoms with van der Waals surface area (Å²) < 4.78 is 0. The summed E-state index contributed by atoms with van der Waals surface area (Å²) in [6.45, 7) is 1.33. The number of carbonyl (C=O) groups excluding carboxylic acids is 3. The van der Waals surface area contributed by atoms with E-state index in [4.69, 9.17) is 5.11 Å². The van der Waals surface area contributed by atoms with Gasteiger partial charge in [0.05, 0.1) is 0 Å². The van der Waals surface area contributed by atoms with Crippen LogP contribution in [0.1, 0.15) is 29.3 Å². The molecule has 0 fully saturated rings. The highest BCUT2D eigenvalue weighted by Gasteiger charge is 2.32. The molecule has 0 saturated carbocycles. The van der Waals surface area contributed by atoms with E-state index in [9.17, 15) is 14.4 Å².